The molecule has 20 heavy (non-hydrogen) atoms. The highest BCUT2D eigenvalue weighted by Gasteiger charge is 2.03. The lowest BCUT2D eigenvalue weighted by atomic mass is 10.1. The van der Waals surface area contributed by atoms with E-state index in [1.54, 1.807) is 0 Å². The minimum atomic E-state index is 0.0503. The molecule has 0 radical (unpaired) electrons. The fraction of sp³-hybridized carbons (Fsp3) is 0.562. The van der Waals surface area contributed by atoms with Crippen molar-refractivity contribution in [2.75, 3.05) is 19.8 Å². The lowest BCUT2D eigenvalue weighted by molar-refractivity contribution is -0.120. The van der Waals surface area contributed by atoms with Crippen LogP contribution >= 0.6 is 0 Å². The Morgan fingerprint density at radius 1 is 1.25 bits per heavy atom. The van der Waals surface area contributed by atoms with Gasteiger partial charge in [0.05, 0.1) is 6.42 Å². The van der Waals surface area contributed by atoms with Gasteiger partial charge in [0.15, 0.2) is 0 Å². The summed E-state index contributed by atoms with van der Waals surface area (Å²) < 4.78 is 5.46. The van der Waals surface area contributed by atoms with Crippen LogP contribution in [0.3, 0.4) is 0 Å². The molecule has 3 N–H and O–H groups in total. The van der Waals surface area contributed by atoms with Gasteiger partial charge in [0.2, 0.25) is 5.91 Å². The highest BCUT2D eigenvalue weighted by molar-refractivity contribution is 5.78. The standard InChI is InChI=1S/C16H26N2O2/c1-13(2)12-20-9-3-8-18-16(19)10-14-4-6-15(11-17)7-5-14/h4-7,13H,3,8-12,17H2,1-2H3,(H,18,19). The second-order valence-electron chi connectivity index (χ2n) is 5.37. The van der Waals surface area contributed by atoms with E-state index in [2.05, 4.69) is 19.2 Å². The van der Waals surface area contributed by atoms with Crippen LogP contribution < -0.4 is 11.1 Å². The number of benzene rings is 1. The summed E-state index contributed by atoms with van der Waals surface area (Å²) in [5.41, 5.74) is 7.62. The SMILES string of the molecule is CC(C)COCCCNC(=O)Cc1ccc(CN)cc1. The molecule has 0 heterocycles. The third-order valence-corrected chi connectivity index (χ3v) is 2.86. The van der Waals surface area contributed by atoms with E-state index >= 15 is 0 Å². The molecule has 0 spiro atoms. The molecule has 1 aromatic rings. The first-order valence-electron chi connectivity index (χ1n) is 7.24. The molecular formula is C16H26N2O2. The Kier molecular flexibility index (Phi) is 7.92. The number of nitrogens with one attached hydrogen (secondary N) is 1. The Hall–Kier alpha value is -1.39. The highest BCUT2D eigenvalue weighted by atomic mass is 16.5. The van der Waals surface area contributed by atoms with Gasteiger partial charge in [-0.2, -0.15) is 0 Å². The van der Waals surface area contributed by atoms with Gasteiger partial charge in [0.25, 0.3) is 0 Å². The number of rotatable bonds is 9. The molecule has 0 aliphatic heterocycles. The maximum atomic E-state index is 11.7. The third-order valence-electron chi connectivity index (χ3n) is 2.86. The third kappa shape index (κ3) is 7.26. The fourth-order valence-electron chi connectivity index (χ4n) is 1.76. The van der Waals surface area contributed by atoms with Crippen LogP contribution in [0.15, 0.2) is 24.3 Å². The van der Waals surface area contributed by atoms with Crippen LogP contribution in [0.4, 0.5) is 0 Å². The van der Waals surface area contributed by atoms with Crippen molar-refractivity contribution in [1.82, 2.24) is 5.32 Å². The summed E-state index contributed by atoms with van der Waals surface area (Å²) in [6.45, 7) is 6.92. The van der Waals surface area contributed by atoms with E-state index in [0.717, 1.165) is 24.2 Å². The summed E-state index contributed by atoms with van der Waals surface area (Å²) in [6, 6.07) is 7.83. The molecule has 0 fully saturated rings. The number of amides is 1. The summed E-state index contributed by atoms with van der Waals surface area (Å²) in [7, 11) is 0. The van der Waals surface area contributed by atoms with Crippen LogP contribution in [0.1, 0.15) is 31.4 Å². The second-order valence-corrected chi connectivity index (χ2v) is 5.37. The molecule has 1 aromatic carbocycles. The predicted molar refractivity (Wildman–Crippen MR) is 81.3 cm³/mol. The average molecular weight is 278 g/mol. The molecule has 0 unspecified atom stereocenters. The molecule has 0 atom stereocenters. The smallest absolute Gasteiger partial charge is 0.224 e. The van der Waals surface area contributed by atoms with E-state index in [-0.39, 0.29) is 5.91 Å². The number of hydrogen-bond acceptors (Lipinski definition) is 3. The van der Waals surface area contributed by atoms with Crippen LogP contribution in [-0.2, 0) is 22.5 Å². The van der Waals surface area contributed by atoms with Crippen LogP contribution in [0.25, 0.3) is 0 Å². The molecule has 112 valence electrons. The summed E-state index contributed by atoms with van der Waals surface area (Å²) >= 11 is 0. The maximum absolute atomic E-state index is 11.7. The van der Waals surface area contributed by atoms with Gasteiger partial charge < -0.3 is 15.8 Å². The first kappa shape index (κ1) is 16.7. The first-order valence-corrected chi connectivity index (χ1v) is 7.24. The van der Waals surface area contributed by atoms with Gasteiger partial charge >= 0.3 is 0 Å². The largest absolute Gasteiger partial charge is 0.381 e. The summed E-state index contributed by atoms with van der Waals surface area (Å²) in [5.74, 6) is 0.607. The van der Waals surface area contributed by atoms with E-state index < -0.39 is 0 Å². The Labute approximate surface area is 121 Å². The highest BCUT2D eigenvalue weighted by Crippen LogP contribution is 2.04. The summed E-state index contributed by atoms with van der Waals surface area (Å²) in [5, 5.41) is 2.90. The van der Waals surface area contributed by atoms with Crippen molar-refractivity contribution < 1.29 is 9.53 Å². The van der Waals surface area contributed by atoms with E-state index in [4.69, 9.17) is 10.5 Å². The van der Waals surface area contributed by atoms with Crippen molar-refractivity contribution in [3.63, 3.8) is 0 Å². The Morgan fingerprint density at radius 3 is 2.50 bits per heavy atom. The fourth-order valence-corrected chi connectivity index (χ4v) is 1.76. The zero-order chi connectivity index (χ0) is 14.8. The van der Waals surface area contributed by atoms with Gasteiger partial charge in [-0.15, -0.1) is 0 Å². The van der Waals surface area contributed by atoms with Crippen molar-refractivity contribution >= 4 is 5.91 Å². The van der Waals surface area contributed by atoms with Gasteiger partial charge in [0.1, 0.15) is 0 Å². The number of ether oxygens (including phenoxy) is 1. The summed E-state index contributed by atoms with van der Waals surface area (Å²) in [4.78, 5) is 11.7. The zero-order valence-electron chi connectivity index (χ0n) is 12.5. The second kappa shape index (κ2) is 9.50. The van der Waals surface area contributed by atoms with Crippen LogP contribution in [0.2, 0.25) is 0 Å². The monoisotopic (exact) mass is 278 g/mol. The van der Waals surface area contributed by atoms with Gasteiger partial charge in [-0.05, 0) is 23.5 Å². The Bertz CT molecular complexity index is 388. The predicted octanol–water partition coefficient (Wildman–Crippen LogP) is 1.87. The molecule has 1 rings (SSSR count). The topological polar surface area (TPSA) is 64.3 Å². The lowest BCUT2D eigenvalue weighted by Crippen LogP contribution is -2.27. The Balaban J connectivity index is 2.13. The number of carbonyl (C=O) groups is 1. The quantitative estimate of drug-likeness (QED) is 0.678. The van der Waals surface area contributed by atoms with Gasteiger partial charge in [-0.1, -0.05) is 38.1 Å². The van der Waals surface area contributed by atoms with Gasteiger partial charge in [-0.3, -0.25) is 4.79 Å². The van der Waals surface area contributed by atoms with E-state index in [1.807, 2.05) is 24.3 Å². The van der Waals surface area contributed by atoms with Crippen molar-refractivity contribution in [2.24, 2.45) is 11.7 Å². The van der Waals surface area contributed by atoms with Crippen molar-refractivity contribution in [2.45, 2.75) is 33.2 Å². The van der Waals surface area contributed by atoms with Crippen molar-refractivity contribution in [3.05, 3.63) is 35.4 Å². The van der Waals surface area contributed by atoms with Gasteiger partial charge in [0, 0.05) is 26.3 Å². The van der Waals surface area contributed by atoms with Crippen LogP contribution in [0, 0.1) is 5.92 Å². The molecule has 4 heteroatoms. The normalized spacial score (nSPS) is 10.8. The lowest BCUT2D eigenvalue weighted by Gasteiger charge is -2.08. The zero-order valence-corrected chi connectivity index (χ0v) is 12.5. The van der Waals surface area contributed by atoms with E-state index in [0.29, 0.717) is 32.0 Å². The summed E-state index contributed by atoms with van der Waals surface area (Å²) in [6.07, 6.45) is 1.27. The van der Waals surface area contributed by atoms with Crippen LogP contribution in [-0.4, -0.2) is 25.7 Å². The van der Waals surface area contributed by atoms with Crippen LogP contribution in [0.5, 0.6) is 0 Å². The molecule has 0 saturated heterocycles. The number of carbonyl (C=O) groups excluding carboxylic acids is 1. The molecule has 4 nitrogen and oxygen atoms in total. The molecular weight excluding hydrogens is 252 g/mol. The van der Waals surface area contributed by atoms with E-state index in [1.165, 1.54) is 0 Å². The molecule has 1 amide bonds. The van der Waals surface area contributed by atoms with Crippen molar-refractivity contribution in [3.8, 4) is 0 Å². The average Bonchev–Trinajstić information content (AvgIpc) is 2.43. The molecule has 0 aliphatic rings. The first-order chi connectivity index (χ1) is 9.61. The molecule has 0 aliphatic carbocycles. The minimum Gasteiger partial charge on any atom is -0.381 e. The number of hydrogen-bond donors (Lipinski definition) is 2. The van der Waals surface area contributed by atoms with Gasteiger partial charge in [-0.25, -0.2) is 0 Å². The Morgan fingerprint density at radius 2 is 1.90 bits per heavy atom. The van der Waals surface area contributed by atoms with E-state index in [9.17, 15) is 4.79 Å². The van der Waals surface area contributed by atoms with Crippen molar-refractivity contribution in [1.29, 1.82) is 0 Å². The maximum Gasteiger partial charge on any atom is 0.224 e. The number of nitrogens with two attached hydrogens (primary N) is 1. The molecule has 0 saturated carbocycles. The molecule has 0 aromatic heterocycles. The minimum absolute atomic E-state index is 0.0503. The molecule has 0 bridgehead atoms.